The van der Waals surface area contributed by atoms with E-state index in [2.05, 4.69) is 0 Å². The Morgan fingerprint density at radius 1 is 1.47 bits per heavy atom. The molecule has 0 amide bonds. The molecule has 0 aliphatic rings. The Hall–Kier alpha value is -1.38. The van der Waals surface area contributed by atoms with E-state index in [0.29, 0.717) is 0 Å². The number of benzene rings is 1. The highest BCUT2D eigenvalue weighted by atomic mass is 35.5. The number of rotatable bonds is 6. The van der Waals surface area contributed by atoms with Crippen LogP contribution in [0.1, 0.15) is 0 Å². The van der Waals surface area contributed by atoms with Crippen molar-refractivity contribution in [2.45, 2.75) is 5.44 Å². The van der Waals surface area contributed by atoms with Crippen LogP contribution in [0.25, 0.3) is 0 Å². The van der Waals surface area contributed by atoms with E-state index >= 15 is 0 Å². The number of non-ortho nitro benzene ring substituents is 1. The molecule has 0 saturated heterocycles. The summed E-state index contributed by atoms with van der Waals surface area (Å²) in [6, 6.07) is 3.65. The van der Waals surface area contributed by atoms with Crippen LogP contribution in [0.4, 0.5) is 5.69 Å². The number of hydrogen-bond donors (Lipinski definition) is 0. The van der Waals surface area contributed by atoms with Crippen molar-refractivity contribution in [3.05, 3.63) is 33.3 Å². The van der Waals surface area contributed by atoms with Crippen LogP contribution in [0.15, 0.2) is 18.2 Å². The SMILES string of the molecule is COC(COc1cc([N+](=O)[O-])ccc1Cl)S(C)(=O)=O. The number of hydrogen-bond acceptors (Lipinski definition) is 6. The van der Waals surface area contributed by atoms with Gasteiger partial charge in [0.15, 0.2) is 15.3 Å². The first kappa shape index (κ1) is 15.7. The molecule has 7 nitrogen and oxygen atoms in total. The third kappa shape index (κ3) is 4.34. The molecule has 1 atom stereocenters. The lowest BCUT2D eigenvalue weighted by Gasteiger charge is -2.14. The van der Waals surface area contributed by atoms with Crippen LogP contribution in [-0.2, 0) is 14.6 Å². The third-order valence-corrected chi connectivity index (χ3v) is 3.84. The van der Waals surface area contributed by atoms with Crippen molar-refractivity contribution < 1.29 is 22.8 Å². The summed E-state index contributed by atoms with van der Waals surface area (Å²) in [6.07, 6.45) is 1.000. The van der Waals surface area contributed by atoms with Crippen molar-refractivity contribution in [1.82, 2.24) is 0 Å². The molecule has 0 bridgehead atoms. The van der Waals surface area contributed by atoms with Gasteiger partial charge < -0.3 is 9.47 Å². The van der Waals surface area contributed by atoms with Gasteiger partial charge in [0.25, 0.3) is 5.69 Å². The van der Waals surface area contributed by atoms with Crippen LogP contribution in [0.3, 0.4) is 0 Å². The normalized spacial score (nSPS) is 13.0. The molecule has 0 aliphatic heterocycles. The topological polar surface area (TPSA) is 95.7 Å². The molecular weight excluding hydrogens is 298 g/mol. The highest BCUT2D eigenvalue weighted by molar-refractivity contribution is 7.91. The Bertz CT molecular complexity index is 573. The van der Waals surface area contributed by atoms with Crippen LogP contribution in [0.5, 0.6) is 5.75 Å². The van der Waals surface area contributed by atoms with Crippen molar-refractivity contribution >= 4 is 27.1 Å². The fourth-order valence-electron chi connectivity index (χ4n) is 1.24. The molecule has 0 radical (unpaired) electrons. The summed E-state index contributed by atoms with van der Waals surface area (Å²) < 4.78 is 32.5. The second kappa shape index (κ2) is 6.18. The van der Waals surface area contributed by atoms with Gasteiger partial charge in [0, 0.05) is 19.4 Å². The Morgan fingerprint density at radius 3 is 2.58 bits per heavy atom. The lowest BCUT2D eigenvalue weighted by molar-refractivity contribution is -0.384. The second-order valence-electron chi connectivity index (χ2n) is 3.68. The van der Waals surface area contributed by atoms with Crippen molar-refractivity contribution in [2.75, 3.05) is 20.0 Å². The maximum absolute atomic E-state index is 11.3. The molecule has 0 aromatic heterocycles. The van der Waals surface area contributed by atoms with Gasteiger partial charge in [0.05, 0.1) is 16.0 Å². The fourth-order valence-corrected chi connectivity index (χ4v) is 2.08. The first-order chi connectivity index (χ1) is 8.75. The second-order valence-corrected chi connectivity index (χ2v) is 6.27. The van der Waals surface area contributed by atoms with Crippen LogP contribution in [-0.4, -0.2) is 38.7 Å². The zero-order chi connectivity index (χ0) is 14.6. The number of sulfone groups is 1. The highest BCUT2D eigenvalue weighted by Gasteiger charge is 2.21. The zero-order valence-electron chi connectivity index (χ0n) is 10.2. The van der Waals surface area contributed by atoms with Gasteiger partial charge in [-0.1, -0.05) is 11.6 Å². The van der Waals surface area contributed by atoms with E-state index in [-0.39, 0.29) is 23.1 Å². The van der Waals surface area contributed by atoms with Gasteiger partial charge in [-0.15, -0.1) is 0 Å². The summed E-state index contributed by atoms with van der Waals surface area (Å²) in [7, 11) is -2.22. The average Bonchev–Trinajstić information content (AvgIpc) is 2.30. The predicted molar refractivity (Wildman–Crippen MR) is 69.2 cm³/mol. The van der Waals surface area contributed by atoms with Gasteiger partial charge in [0.2, 0.25) is 0 Å². The van der Waals surface area contributed by atoms with Gasteiger partial charge in [-0.25, -0.2) is 8.42 Å². The summed E-state index contributed by atoms with van der Waals surface area (Å²) in [5.41, 5.74) is -1.37. The summed E-state index contributed by atoms with van der Waals surface area (Å²) in [4.78, 5) is 10.0. The van der Waals surface area contributed by atoms with E-state index in [4.69, 9.17) is 21.1 Å². The number of ether oxygens (including phenoxy) is 2. The van der Waals surface area contributed by atoms with E-state index in [1.54, 1.807) is 0 Å². The lowest BCUT2D eigenvalue weighted by atomic mass is 10.3. The maximum Gasteiger partial charge on any atom is 0.273 e. The summed E-state index contributed by atoms with van der Waals surface area (Å²) >= 11 is 5.80. The molecular formula is C10H12ClNO6S. The minimum atomic E-state index is -3.45. The van der Waals surface area contributed by atoms with E-state index in [1.165, 1.54) is 19.2 Å². The number of nitrogens with zero attached hydrogens (tertiary/aromatic N) is 1. The number of halogens is 1. The van der Waals surface area contributed by atoms with Crippen LogP contribution in [0.2, 0.25) is 5.02 Å². The molecule has 19 heavy (non-hydrogen) atoms. The summed E-state index contributed by atoms with van der Waals surface area (Å²) in [5.74, 6) is 0.0292. The molecule has 0 saturated carbocycles. The Morgan fingerprint density at radius 2 is 2.11 bits per heavy atom. The molecule has 9 heteroatoms. The van der Waals surface area contributed by atoms with Crippen LogP contribution >= 0.6 is 11.6 Å². The highest BCUT2D eigenvalue weighted by Crippen LogP contribution is 2.29. The first-order valence-corrected chi connectivity index (χ1v) is 7.37. The number of nitro groups is 1. The smallest absolute Gasteiger partial charge is 0.273 e. The minimum Gasteiger partial charge on any atom is -0.488 e. The predicted octanol–water partition coefficient (Wildman–Crippen LogP) is 1.64. The van der Waals surface area contributed by atoms with Gasteiger partial charge in [-0.2, -0.15) is 0 Å². The minimum absolute atomic E-state index is 0.0292. The molecule has 1 rings (SSSR count). The molecule has 0 fully saturated rings. The quantitative estimate of drug-likeness (QED) is 0.585. The monoisotopic (exact) mass is 309 g/mol. The standard InChI is InChI=1S/C10H12ClNO6S/c1-17-10(19(2,15)16)6-18-9-5-7(12(13)14)3-4-8(9)11/h3-5,10H,6H2,1-2H3. The van der Waals surface area contributed by atoms with Crippen molar-refractivity contribution in [2.24, 2.45) is 0 Å². The third-order valence-electron chi connectivity index (χ3n) is 2.24. The summed E-state index contributed by atoms with van der Waals surface area (Å²) in [5, 5.41) is 10.8. The van der Waals surface area contributed by atoms with Crippen molar-refractivity contribution in [3.8, 4) is 5.75 Å². The molecule has 1 unspecified atom stereocenters. The van der Waals surface area contributed by atoms with Crippen LogP contribution in [0, 0.1) is 10.1 Å². The Balaban J connectivity index is 2.88. The van der Waals surface area contributed by atoms with Crippen molar-refractivity contribution in [1.29, 1.82) is 0 Å². The molecule has 0 spiro atoms. The van der Waals surface area contributed by atoms with E-state index in [1.807, 2.05) is 0 Å². The zero-order valence-corrected chi connectivity index (χ0v) is 11.8. The van der Waals surface area contributed by atoms with Crippen LogP contribution < -0.4 is 4.74 Å². The molecule has 1 aromatic rings. The Labute approximate surface area is 115 Å². The van der Waals surface area contributed by atoms with E-state index in [0.717, 1.165) is 12.3 Å². The van der Waals surface area contributed by atoms with Gasteiger partial charge in [-0.05, 0) is 6.07 Å². The number of methoxy groups -OCH3 is 1. The Kier molecular flexibility index (Phi) is 5.10. The molecule has 0 aliphatic carbocycles. The lowest BCUT2D eigenvalue weighted by Crippen LogP contribution is -2.28. The van der Waals surface area contributed by atoms with Gasteiger partial charge >= 0.3 is 0 Å². The molecule has 1 aromatic carbocycles. The average molecular weight is 310 g/mol. The number of nitro benzene ring substituents is 1. The van der Waals surface area contributed by atoms with Gasteiger partial charge in [0.1, 0.15) is 12.4 Å². The van der Waals surface area contributed by atoms with E-state index in [9.17, 15) is 18.5 Å². The first-order valence-electron chi connectivity index (χ1n) is 5.04. The van der Waals surface area contributed by atoms with E-state index < -0.39 is 20.2 Å². The molecule has 0 heterocycles. The largest absolute Gasteiger partial charge is 0.488 e. The van der Waals surface area contributed by atoms with Crippen molar-refractivity contribution in [3.63, 3.8) is 0 Å². The van der Waals surface area contributed by atoms with Gasteiger partial charge in [-0.3, -0.25) is 10.1 Å². The maximum atomic E-state index is 11.3. The summed E-state index contributed by atoms with van der Waals surface area (Å²) in [6.45, 7) is -0.309. The fraction of sp³-hybridized carbons (Fsp3) is 0.400. The molecule has 0 N–H and O–H groups in total. The molecule has 106 valence electrons.